The maximum absolute atomic E-state index is 13.8. The molecule has 0 aliphatic carbocycles. The fourth-order valence-electron chi connectivity index (χ4n) is 4.38. The summed E-state index contributed by atoms with van der Waals surface area (Å²) in [6, 6.07) is 19.0. The number of nitrogens with zero attached hydrogens (tertiary/aromatic N) is 4. The highest BCUT2D eigenvalue weighted by atomic mass is 19.4. The van der Waals surface area contributed by atoms with Crippen molar-refractivity contribution in [2.75, 3.05) is 31.0 Å². The highest BCUT2D eigenvalue weighted by molar-refractivity contribution is 6.02. The third kappa shape index (κ3) is 5.92. The van der Waals surface area contributed by atoms with E-state index in [4.69, 9.17) is 9.47 Å². The fraction of sp³-hybridized carbons (Fsp3) is 0.207. The Morgan fingerprint density at radius 3 is 2.31 bits per heavy atom. The molecule has 13 heteroatoms. The van der Waals surface area contributed by atoms with Gasteiger partial charge in [0.1, 0.15) is 30.0 Å². The van der Waals surface area contributed by atoms with E-state index in [1.54, 1.807) is 61.5 Å². The van der Waals surface area contributed by atoms with Gasteiger partial charge in [0.15, 0.2) is 5.65 Å². The number of carbonyl (C=O) groups is 1. The number of para-hydroxylation sites is 1. The van der Waals surface area contributed by atoms with Crippen LogP contribution in [0.15, 0.2) is 79.0 Å². The number of aromatic nitrogens is 4. The van der Waals surface area contributed by atoms with E-state index in [1.807, 2.05) is 6.07 Å². The van der Waals surface area contributed by atoms with Crippen molar-refractivity contribution in [2.45, 2.75) is 19.2 Å². The molecule has 3 aromatic heterocycles. The molecule has 3 N–H and O–H groups in total. The summed E-state index contributed by atoms with van der Waals surface area (Å²) in [7, 11) is 1.45. The Bertz CT molecular complexity index is 1690. The number of alkyl halides is 3. The van der Waals surface area contributed by atoms with Crippen molar-refractivity contribution in [3.63, 3.8) is 0 Å². The topological polar surface area (TPSA) is 115 Å². The number of urea groups is 1. The van der Waals surface area contributed by atoms with Gasteiger partial charge in [-0.3, -0.25) is 15.0 Å². The van der Waals surface area contributed by atoms with Crippen molar-refractivity contribution >= 4 is 23.3 Å². The monoisotopic (exact) mass is 580 g/mol. The smallest absolute Gasteiger partial charge is 0.419 e. The summed E-state index contributed by atoms with van der Waals surface area (Å²) in [5, 5.41) is 19.9. The second kappa shape index (κ2) is 11.9. The lowest BCUT2D eigenvalue weighted by Gasteiger charge is -2.12. The Morgan fingerprint density at radius 1 is 0.976 bits per heavy atom. The first-order valence-electron chi connectivity index (χ1n) is 12.8. The molecule has 0 saturated carbocycles. The molecule has 42 heavy (non-hydrogen) atoms. The van der Waals surface area contributed by atoms with Gasteiger partial charge in [-0.05, 0) is 31.2 Å². The van der Waals surface area contributed by atoms with E-state index in [1.165, 1.54) is 28.5 Å². The minimum atomic E-state index is -4.66. The predicted octanol–water partition coefficient (Wildman–Crippen LogP) is 5.54. The van der Waals surface area contributed by atoms with Crippen LogP contribution >= 0.6 is 0 Å². The molecule has 5 aromatic rings. The maximum Gasteiger partial charge on any atom is 0.419 e. The Labute approximate surface area is 238 Å². The molecule has 10 nitrogen and oxygen atoms in total. The molecular formula is C29H27F3N6O4. The molecular weight excluding hydrogens is 553 g/mol. The molecule has 0 aliphatic rings. The Kier molecular flexibility index (Phi) is 8.13. The standard InChI is InChI=1S/C29H27F3N6O4/c1-18-24(38(20-12-7-4-8-13-20)36-27(18)42-17-21(39)16-41-2)34-28(40)35-26-23(19-10-5-3-6-11-19)33-25-22(29(30,31)32)14-9-15-37(25)26/h3-15,21,39H,16-17H2,1-2H3,(H2,34,35,40)/t21-/m1/s1. The van der Waals surface area contributed by atoms with Crippen LogP contribution in [0.2, 0.25) is 0 Å². The van der Waals surface area contributed by atoms with Crippen molar-refractivity contribution in [1.29, 1.82) is 0 Å². The SMILES string of the molecule is COC[C@@H](O)COc1nn(-c2ccccc2)c(NC(=O)Nc2c(-c3ccccc3)nc3c(C(F)(F)F)cccn23)c1C. The number of halogens is 3. The molecule has 218 valence electrons. The predicted molar refractivity (Wildman–Crippen MR) is 150 cm³/mol. The van der Waals surface area contributed by atoms with Crippen molar-refractivity contribution in [1.82, 2.24) is 19.2 Å². The van der Waals surface area contributed by atoms with Gasteiger partial charge in [0, 0.05) is 18.9 Å². The van der Waals surface area contributed by atoms with E-state index < -0.39 is 23.9 Å². The molecule has 0 spiro atoms. The second-order valence-electron chi connectivity index (χ2n) is 9.31. The number of aliphatic hydroxyl groups excluding tert-OH is 1. The normalized spacial score (nSPS) is 12.3. The number of imidazole rings is 1. The van der Waals surface area contributed by atoms with Gasteiger partial charge in [-0.25, -0.2) is 14.5 Å². The number of pyridine rings is 1. The van der Waals surface area contributed by atoms with E-state index >= 15 is 0 Å². The lowest BCUT2D eigenvalue weighted by molar-refractivity contribution is -0.136. The van der Waals surface area contributed by atoms with Crippen LogP contribution in [0.1, 0.15) is 11.1 Å². The Hall–Kier alpha value is -4.88. The van der Waals surface area contributed by atoms with Gasteiger partial charge in [-0.15, -0.1) is 5.10 Å². The number of hydrogen-bond acceptors (Lipinski definition) is 6. The van der Waals surface area contributed by atoms with Crippen LogP contribution in [-0.4, -0.2) is 56.7 Å². The van der Waals surface area contributed by atoms with Gasteiger partial charge in [-0.2, -0.15) is 13.2 Å². The zero-order valence-electron chi connectivity index (χ0n) is 22.6. The molecule has 0 fully saturated rings. The molecule has 3 heterocycles. The van der Waals surface area contributed by atoms with E-state index in [0.717, 1.165) is 6.07 Å². The first kappa shape index (κ1) is 28.6. The third-order valence-corrected chi connectivity index (χ3v) is 6.32. The van der Waals surface area contributed by atoms with E-state index in [-0.39, 0.29) is 42.1 Å². The fourth-order valence-corrected chi connectivity index (χ4v) is 4.38. The van der Waals surface area contributed by atoms with Crippen LogP contribution in [0, 0.1) is 6.92 Å². The Balaban J connectivity index is 1.52. The Morgan fingerprint density at radius 2 is 1.64 bits per heavy atom. The first-order chi connectivity index (χ1) is 20.2. The van der Waals surface area contributed by atoms with Crippen molar-refractivity contribution in [3.8, 4) is 22.8 Å². The van der Waals surface area contributed by atoms with E-state index in [9.17, 15) is 23.1 Å². The third-order valence-electron chi connectivity index (χ3n) is 6.32. The summed E-state index contributed by atoms with van der Waals surface area (Å²) in [5.74, 6) is 0.460. The molecule has 1 atom stereocenters. The first-order valence-corrected chi connectivity index (χ1v) is 12.8. The summed E-state index contributed by atoms with van der Waals surface area (Å²) in [4.78, 5) is 17.7. The van der Waals surface area contributed by atoms with Gasteiger partial charge in [0.2, 0.25) is 5.88 Å². The largest absolute Gasteiger partial charge is 0.474 e. The molecule has 5 rings (SSSR count). The van der Waals surface area contributed by atoms with E-state index in [2.05, 4.69) is 20.7 Å². The summed E-state index contributed by atoms with van der Waals surface area (Å²) in [5.41, 5.74) is 0.450. The van der Waals surface area contributed by atoms with Crippen LogP contribution in [0.4, 0.5) is 29.6 Å². The van der Waals surface area contributed by atoms with Crippen LogP contribution in [0.3, 0.4) is 0 Å². The minimum absolute atomic E-state index is 0.0439. The second-order valence-corrected chi connectivity index (χ2v) is 9.31. The van der Waals surface area contributed by atoms with Crippen molar-refractivity contribution in [3.05, 3.63) is 90.1 Å². The van der Waals surface area contributed by atoms with Crippen molar-refractivity contribution < 1.29 is 32.5 Å². The lowest BCUT2D eigenvalue weighted by Crippen LogP contribution is -2.23. The average Bonchev–Trinajstić information content (AvgIpc) is 3.49. The number of ether oxygens (including phenoxy) is 2. The maximum atomic E-state index is 13.8. The number of rotatable bonds is 9. The van der Waals surface area contributed by atoms with Gasteiger partial charge in [-0.1, -0.05) is 48.5 Å². The number of nitrogens with one attached hydrogen (secondary N) is 2. The molecule has 0 aliphatic heterocycles. The summed E-state index contributed by atoms with van der Waals surface area (Å²) < 4.78 is 54.8. The molecule has 2 aromatic carbocycles. The zero-order valence-corrected chi connectivity index (χ0v) is 22.6. The summed E-state index contributed by atoms with van der Waals surface area (Å²) in [6.07, 6.45) is -4.16. The number of fused-ring (bicyclic) bond motifs is 1. The van der Waals surface area contributed by atoms with Crippen LogP contribution in [0.5, 0.6) is 5.88 Å². The number of anilines is 2. The van der Waals surface area contributed by atoms with Gasteiger partial charge >= 0.3 is 12.2 Å². The zero-order chi connectivity index (χ0) is 29.9. The minimum Gasteiger partial charge on any atom is -0.474 e. The highest BCUT2D eigenvalue weighted by Crippen LogP contribution is 2.37. The van der Waals surface area contributed by atoms with Gasteiger partial charge in [0.25, 0.3) is 0 Å². The molecule has 0 radical (unpaired) electrons. The van der Waals surface area contributed by atoms with Crippen molar-refractivity contribution in [2.24, 2.45) is 0 Å². The molecule has 0 unspecified atom stereocenters. The summed E-state index contributed by atoms with van der Waals surface area (Å²) >= 11 is 0. The summed E-state index contributed by atoms with van der Waals surface area (Å²) in [6.45, 7) is 1.64. The quantitative estimate of drug-likeness (QED) is 0.211. The molecule has 2 amide bonds. The lowest BCUT2D eigenvalue weighted by atomic mass is 10.1. The number of aliphatic hydroxyl groups is 1. The number of benzene rings is 2. The van der Waals surface area contributed by atoms with Crippen LogP contribution in [-0.2, 0) is 10.9 Å². The average molecular weight is 581 g/mol. The number of methoxy groups -OCH3 is 1. The number of amides is 2. The molecule has 0 bridgehead atoms. The number of hydrogen-bond donors (Lipinski definition) is 3. The number of carbonyl (C=O) groups excluding carboxylic acids is 1. The van der Waals surface area contributed by atoms with Crippen LogP contribution in [0.25, 0.3) is 22.6 Å². The van der Waals surface area contributed by atoms with Gasteiger partial charge < -0.3 is 14.6 Å². The van der Waals surface area contributed by atoms with E-state index in [0.29, 0.717) is 16.8 Å². The highest BCUT2D eigenvalue weighted by Gasteiger charge is 2.35. The molecule has 0 saturated heterocycles. The van der Waals surface area contributed by atoms with Crippen LogP contribution < -0.4 is 15.4 Å². The van der Waals surface area contributed by atoms with Gasteiger partial charge in [0.05, 0.1) is 23.4 Å².